The number of aromatic nitrogens is 4. The van der Waals surface area contributed by atoms with E-state index >= 15 is 0 Å². The van der Waals surface area contributed by atoms with Gasteiger partial charge in [0.25, 0.3) is 0 Å². The second-order valence-electron chi connectivity index (χ2n) is 6.34. The summed E-state index contributed by atoms with van der Waals surface area (Å²) in [5.74, 6) is -0.234. The highest BCUT2D eigenvalue weighted by Gasteiger charge is 2.27. The fraction of sp³-hybridized carbons (Fsp3) is 0.294. The molecule has 1 fully saturated rings. The summed E-state index contributed by atoms with van der Waals surface area (Å²) in [5, 5.41) is 16.9. The number of nitrogens with one attached hydrogen (secondary N) is 1. The van der Waals surface area contributed by atoms with E-state index in [2.05, 4.69) is 15.4 Å². The van der Waals surface area contributed by atoms with E-state index in [1.54, 1.807) is 29.0 Å². The summed E-state index contributed by atoms with van der Waals surface area (Å²) in [7, 11) is 0. The van der Waals surface area contributed by atoms with Crippen LogP contribution in [0.2, 0.25) is 5.15 Å². The molecule has 0 spiro atoms. The second-order valence-corrected chi connectivity index (χ2v) is 6.73. The van der Waals surface area contributed by atoms with Crippen LogP contribution in [-0.4, -0.2) is 43.2 Å². The van der Waals surface area contributed by atoms with Crippen LogP contribution in [0.3, 0.4) is 0 Å². The first-order valence-electron chi connectivity index (χ1n) is 8.25. The molecular weight excluding hydrogens is 356 g/mol. The molecule has 1 aliphatic rings. The van der Waals surface area contributed by atoms with E-state index in [9.17, 15) is 4.79 Å². The zero-order chi connectivity index (χ0) is 18.3. The number of nitrogen functional groups attached to an aromatic ring is 1. The Labute approximate surface area is 154 Å². The van der Waals surface area contributed by atoms with Crippen LogP contribution in [0.5, 0.6) is 0 Å². The lowest BCUT2D eigenvalue weighted by molar-refractivity contribution is -0.140. The molecule has 2 atom stereocenters. The summed E-state index contributed by atoms with van der Waals surface area (Å²) in [6, 6.07) is 4.87. The summed E-state index contributed by atoms with van der Waals surface area (Å²) >= 11 is 5.86. The van der Waals surface area contributed by atoms with E-state index in [-0.39, 0.29) is 5.92 Å². The van der Waals surface area contributed by atoms with Gasteiger partial charge in [-0.1, -0.05) is 11.6 Å². The van der Waals surface area contributed by atoms with Crippen LogP contribution in [0.4, 0.5) is 5.82 Å². The minimum atomic E-state index is -0.820. The first-order valence-corrected chi connectivity index (χ1v) is 8.63. The van der Waals surface area contributed by atoms with Gasteiger partial charge in [-0.3, -0.25) is 4.79 Å². The van der Waals surface area contributed by atoms with Crippen LogP contribution in [-0.2, 0) is 4.79 Å². The number of anilines is 1. The maximum absolute atomic E-state index is 11.1. The minimum Gasteiger partial charge on any atom is -0.480 e. The molecule has 4 heterocycles. The third-order valence-corrected chi connectivity index (χ3v) is 4.91. The minimum absolute atomic E-state index is 0.101. The molecule has 134 valence electrons. The number of hydrogen-bond acceptors (Lipinski definition) is 6. The van der Waals surface area contributed by atoms with Gasteiger partial charge in [-0.15, -0.1) is 0 Å². The molecule has 3 aromatic rings. The van der Waals surface area contributed by atoms with Gasteiger partial charge in [-0.2, -0.15) is 9.61 Å². The van der Waals surface area contributed by atoms with E-state index in [4.69, 9.17) is 27.4 Å². The number of hydrogen-bond donors (Lipinski definition) is 3. The fourth-order valence-corrected chi connectivity index (χ4v) is 3.39. The van der Waals surface area contributed by atoms with Crippen molar-refractivity contribution < 1.29 is 9.90 Å². The number of nitrogens with two attached hydrogens (primary N) is 1. The lowest BCUT2D eigenvalue weighted by Crippen LogP contribution is -2.43. The SMILES string of the molecule is Nc1cc(C2CCC(C(=O)O)NC2)nc2c(-c3ccc(Cl)nc3)cnn12. The number of pyridine rings is 1. The normalized spacial score (nSPS) is 20.3. The van der Waals surface area contributed by atoms with E-state index in [1.807, 2.05) is 6.07 Å². The largest absolute Gasteiger partial charge is 0.480 e. The first kappa shape index (κ1) is 16.7. The predicted molar refractivity (Wildman–Crippen MR) is 97.0 cm³/mol. The highest BCUT2D eigenvalue weighted by Crippen LogP contribution is 2.29. The Kier molecular flexibility index (Phi) is 4.21. The molecule has 3 aromatic heterocycles. The Balaban J connectivity index is 1.70. The molecule has 0 aliphatic carbocycles. The number of halogens is 1. The van der Waals surface area contributed by atoms with Gasteiger partial charge >= 0.3 is 5.97 Å². The fourth-order valence-electron chi connectivity index (χ4n) is 3.27. The van der Waals surface area contributed by atoms with Crippen molar-refractivity contribution in [1.29, 1.82) is 0 Å². The summed E-state index contributed by atoms with van der Waals surface area (Å²) < 4.78 is 1.59. The van der Waals surface area contributed by atoms with Crippen LogP contribution in [0, 0.1) is 0 Å². The van der Waals surface area contributed by atoms with Crippen molar-refractivity contribution in [2.24, 2.45) is 0 Å². The molecule has 0 saturated carbocycles. The Morgan fingerprint density at radius 3 is 2.85 bits per heavy atom. The number of aliphatic carboxylic acids is 1. The van der Waals surface area contributed by atoms with Crippen LogP contribution in [0.1, 0.15) is 24.5 Å². The number of carboxylic acids is 1. The van der Waals surface area contributed by atoms with Gasteiger partial charge in [0.2, 0.25) is 0 Å². The third kappa shape index (κ3) is 2.97. The molecule has 26 heavy (non-hydrogen) atoms. The van der Waals surface area contributed by atoms with Gasteiger partial charge in [0.15, 0.2) is 5.65 Å². The van der Waals surface area contributed by atoms with Gasteiger partial charge in [0, 0.05) is 35.9 Å². The maximum atomic E-state index is 11.1. The zero-order valence-corrected chi connectivity index (χ0v) is 14.5. The number of fused-ring (bicyclic) bond motifs is 1. The molecule has 9 heteroatoms. The Morgan fingerprint density at radius 2 is 2.19 bits per heavy atom. The highest BCUT2D eigenvalue weighted by molar-refractivity contribution is 6.29. The molecule has 0 radical (unpaired) electrons. The second kappa shape index (κ2) is 6.54. The predicted octanol–water partition coefficient (Wildman–Crippen LogP) is 1.95. The first-order chi connectivity index (χ1) is 12.5. The average molecular weight is 373 g/mol. The summed E-state index contributed by atoms with van der Waals surface area (Å²) in [6.45, 7) is 0.547. The van der Waals surface area contributed by atoms with Crippen molar-refractivity contribution >= 4 is 29.0 Å². The molecule has 0 aromatic carbocycles. The van der Waals surface area contributed by atoms with Crippen molar-refractivity contribution in [3.8, 4) is 11.1 Å². The average Bonchev–Trinajstić information content (AvgIpc) is 3.07. The lowest BCUT2D eigenvalue weighted by Gasteiger charge is -2.27. The lowest BCUT2D eigenvalue weighted by atomic mass is 9.92. The van der Waals surface area contributed by atoms with Crippen LogP contribution < -0.4 is 11.1 Å². The van der Waals surface area contributed by atoms with Crippen molar-refractivity contribution in [2.75, 3.05) is 12.3 Å². The van der Waals surface area contributed by atoms with Crippen molar-refractivity contribution in [2.45, 2.75) is 24.8 Å². The molecule has 1 saturated heterocycles. The van der Waals surface area contributed by atoms with Gasteiger partial charge in [-0.25, -0.2) is 9.97 Å². The molecule has 2 unspecified atom stereocenters. The topological polar surface area (TPSA) is 118 Å². The van der Waals surface area contributed by atoms with Crippen LogP contribution >= 0.6 is 11.6 Å². The Bertz CT molecular complexity index is 963. The third-order valence-electron chi connectivity index (χ3n) is 4.69. The van der Waals surface area contributed by atoms with E-state index in [0.717, 1.165) is 23.2 Å². The van der Waals surface area contributed by atoms with Gasteiger partial charge in [0.1, 0.15) is 17.0 Å². The molecule has 1 aliphatic heterocycles. The summed E-state index contributed by atoms with van der Waals surface area (Å²) in [5.41, 5.74) is 9.30. The molecule has 0 bridgehead atoms. The van der Waals surface area contributed by atoms with E-state index < -0.39 is 12.0 Å². The summed E-state index contributed by atoms with van der Waals surface area (Å²) in [4.78, 5) is 20.0. The zero-order valence-electron chi connectivity index (χ0n) is 13.8. The van der Waals surface area contributed by atoms with Crippen LogP contribution in [0.25, 0.3) is 16.8 Å². The number of carboxylic acid groups (broad SMARTS) is 1. The van der Waals surface area contributed by atoms with Crippen molar-refractivity contribution in [1.82, 2.24) is 24.9 Å². The van der Waals surface area contributed by atoms with E-state index in [0.29, 0.717) is 29.6 Å². The van der Waals surface area contributed by atoms with Crippen molar-refractivity contribution in [3.63, 3.8) is 0 Å². The highest BCUT2D eigenvalue weighted by atomic mass is 35.5. The smallest absolute Gasteiger partial charge is 0.320 e. The standard InChI is InChI=1S/C17H17ClN6O2/c18-14-4-2-9(6-21-14)11-8-22-24-15(19)5-13(23-16(11)24)10-1-3-12(17(25)26)20-7-10/h2,4-6,8,10,12,20H,1,3,7,19H2,(H,25,26). The summed E-state index contributed by atoms with van der Waals surface area (Å²) in [6.07, 6.45) is 4.66. The van der Waals surface area contributed by atoms with Crippen LogP contribution in [0.15, 0.2) is 30.6 Å². The number of carbonyl (C=O) groups is 1. The maximum Gasteiger partial charge on any atom is 0.320 e. The van der Waals surface area contributed by atoms with Gasteiger partial charge < -0.3 is 16.2 Å². The Hall–Kier alpha value is -2.71. The molecule has 4 N–H and O–H groups in total. The number of piperidine rings is 1. The van der Waals surface area contributed by atoms with Gasteiger partial charge in [0.05, 0.1) is 11.9 Å². The van der Waals surface area contributed by atoms with Gasteiger partial charge in [-0.05, 0) is 25.0 Å². The number of nitrogens with zero attached hydrogens (tertiary/aromatic N) is 4. The molecule has 8 nitrogen and oxygen atoms in total. The number of rotatable bonds is 3. The van der Waals surface area contributed by atoms with Crippen molar-refractivity contribution in [3.05, 3.63) is 41.4 Å². The molecule has 4 rings (SSSR count). The monoisotopic (exact) mass is 372 g/mol. The molecular formula is C17H17ClN6O2. The molecule has 0 amide bonds. The quantitative estimate of drug-likeness (QED) is 0.601. The Morgan fingerprint density at radius 1 is 1.35 bits per heavy atom. The van der Waals surface area contributed by atoms with E-state index in [1.165, 1.54) is 0 Å².